The van der Waals surface area contributed by atoms with Crippen LogP contribution < -0.4 is 4.74 Å². The number of carbonyl (C=O) groups is 2. The predicted molar refractivity (Wildman–Crippen MR) is 154 cm³/mol. The van der Waals surface area contributed by atoms with Crippen LogP contribution in [0.4, 0.5) is 0 Å². The molecular formula is C33H34O7Re. The fourth-order valence-corrected chi connectivity index (χ4v) is 4.08. The van der Waals surface area contributed by atoms with Gasteiger partial charge in [-0.2, -0.15) is 0 Å². The Morgan fingerprint density at radius 1 is 0.683 bits per heavy atom. The van der Waals surface area contributed by atoms with Crippen molar-refractivity contribution in [3.63, 3.8) is 0 Å². The number of phenols is 2. The Morgan fingerprint density at radius 2 is 1.12 bits per heavy atom. The Bertz CT molecular complexity index is 1490. The molecule has 0 aromatic heterocycles. The number of rotatable bonds is 7. The summed E-state index contributed by atoms with van der Waals surface area (Å²) in [5.74, 6) is -0.678. The van der Waals surface area contributed by atoms with Crippen LogP contribution in [0, 0.1) is 6.92 Å². The van der Waals surface area contributed by atoms with Crippen LogP contribution in [0.2, 0.25) is 0 Å². The minimum Gasteiger partial charge on any atom is -0.507 e. The van der Waals surface area contributed by atoms with Crippen LogP contribution in [0.1, 0.15) is 76.6 Å². The average molecular weight is 729 g/mol. The van der Waals surface area contributed by atoms with Gasteiger partial charge in [0.2, 0.25) is 0 Å². The maximum Gasteiger partial charge on any atom is 0.339 e. The Balaban J connectivity index is 0.000000413. The molecule has 0 heterocycles. The molecule has 8 heteroatoms. The fraction of sp³-hybridized carbons (Fsp3) is 0.212. The summed E-state index contributed by atoms with van der Waals surface area (Å²) in [6.45, 7) is 10.1. The van der Waals surface area contributed by atoms with Crippen molar-refractivity contribution in [2.45, 2.75) is 46.0 Å². The minimum absolute atomic E-state index is 0. The molecule has 0 spiro atoms. The number of ether oxygens (including phenoxy) is 1. The summed E-state index contributed by atoms with van der Waals surface area (Å²) in [7, 11) is 0. The standard InChI is InChI=1S/C25H26O4.C8H8O3.Re/c1-16(2)17-5-10-20(11-6-17)29-21-12-7-18(8-13-21)25(3,4)19-9-14-23(26)22(15-19)24(27)28;1-5-2-3-7(9)6(4-5)8(10)11;/h5-16,26H,1-4H3,(H,27,28);2-4,9H,1H3,(H,10,11);. The third kappa shape index (κ3) is 8.44. The van der Waals surface area contributed by atoms with E-state index in [9.17, 15) is 19.8 Å². The molecule has 7 nitrogen and oxygen atoms in total. The summed E-state index contributed by atoms with van der Waals surface area (Å²) in [4.78, 5) is 21.8. The molecule has 0 aliphatic rings. The summed E-state index contributed by atoms with van der Waals surface area (Å²) in [5, 5.41) is 36.6. The maximum absolute atomic E-state index is 11.3. The van der Waals surface area contributed by atoms with Gasteiger partial charge in [-0.3, -0.25) is 0 Å². The van der Waals surface area contributed by atoms with E-state index in [4.69, 9.17) is 14.9 Å². The van der Waals surface area contributed by atoms with Gasteiger partial charge in [0.1, 0.15) is 34.1 Å². The number of hydrogen-bond acceptors (Lipinski definition) is 5. The molecule has 4 aromatic carbocycles. The molecule has 215 valence electrons. The van der Waals surface area contributed by atoms with Crippen LogP contribution in [0.3, 0.4) is 0 Å². The second kappa shape index (κ2) is 14.0. The van der Waals surface area contributed by atoms with Crippen LogP contribution in [-0.2, 0) is 25.8 Å². The summed E-state index contributed by atoms with van der Waals surface area (Å²) >= 11 is 0. The Morgan fingerprint density at radius 3 is 1.59 bits per heavy atom. The zero-order valence-corrected chi connectivity index (χ0v) is 26.3. The van der Waals surface area contributed by atoms with Crippen LogP contribution in [0.15, 0.2) is 84.9 Å². The van der Waals surface area contributed by atoms with E-state index >= 15 is 0 Å². The van der Waals surface area contributed by atoms with Crippen molar-refractivity contribution >= 4 is 11.9 Å². The number of aryl methyl sites for hydroxylation is 1. The monoisotopic (exact) mass is 729 g/mol. The molecule has 0 aliphatic heterocycles. The molecule has 0 atom stereocenters. The minimum atomic E-state index is -1.15. The van der Waals surface area contributed by atoms with Gasteiger partial charge >= 0.3 is 11.9 Å². The first-order chi connectivity index (χ1) is 18.8. The number of benzene rings is 4. The molecule has 1 radical (unpaired) electrons. The van der Waals surface area contributed by atoms with E-state index < -0.39 is 17.4 Å². The fourth-order valence-electron chi connectivity index (χ4n) is 4.08. The van der Waals surface area contributed by atoms with Crippen LogP contribution >= 0.6 is 0 Å². The molecule has 0 bridgehead atoms. The Kier molecular flexibility index (Phi) is 11.3. The molecule has 0 amide bonds. The number of aromatic carboxylic acids is 2. The maximum atomic E-state index is 11.3. The van der Waals surface area contributed by atoms with Crippen LogP contribution in [0.25, 0.3) is 0 Å². The van der Waals surface area contributed by atoms with E-state index in [1.165, 1.54) is 29.8 Å². The largest absolute Gasteiger partial charge is 0.507 e. The van der Waals surface area contributed by atoms with Crippen molar-refractivity contribution < 1.29 is 55.2 Å². The second-order valence-corrected chi connectivity index (χ2v) is 10.3. The summed E-state index contributed by atoms with van der Waals surface area (Å²) in [6, 6.07) is 25.0. The molecule has 4 aromatic rings. The molecule has 4 N–H and O–H groups in total. The van der Waals surface area contributed by atoms with Crippen molar-refractivity contribution in [2.75, 3.05) is 0 Å². The third-order valence-electron chi connectivity index (χ3n) is 6.69. The van der Waals surface area contributed by atoms with Gasteiger partial charge in [-0.15, -0.1) is 0 Å². The average Bonchev–Trinajstić information content (AvgIpc) is 2.91. The quantitative estimate of drug-likeness (QED) is 0.154. The summed E-state index contributed by atoms with van der Waals surface area (Å²) in [5.41, 5.74) is 3.33. The van der Waals surface area contributed by atoms with Gasteiger partial charge in [-0.25, -0.2) is 9.59 Å². The molecule has 41 heavy (non-hydrogen) atoms. The van der Waals surface area contributed by atoms with Gasteiger partial charge in [0.25, 0.3) is 0 Å². The summed E-state index contributed by atoms with van der Waals surface area (Å²) in [6.07, 6.45) is 0. The first-order valence-electron chi connectivity index (χ1n) is 12.8. The van der Waals surface area contributed by atoms with Crippen molar-refractivity contribution in [3.8, 4) is 23.0 Å². The van der Waals surface area contributed by atoms with Crippen LogP contribution in [0.5, 0.6) is 23.0 Å². The van der Waals surface area contributed by atoms with E-state index in [2.05, 4.69) is 26.0 Å². The molecule has 0 saturated heterocycles. The number of carboxylic acid groups (broad SMARTS) is 2. The Hall–Kier alpha value is -4.12. The Labute approximate surface area is 253 Å². The molecule has 0 fully saturated rings. The second-order valence-electron chi connectivity index (χ2n) is 10.3. The molecule has 4 rings (SSSR count). The van der Waals surface area contributed by atoms with E-state index in [-0.39, 0.29) is 43.0 Å². The molecule has 0 aliphatic carbocycles. The smallest absolute Gasteiger partial charge is 0.339 e. The first kappa shape index (κ1) is 33.1. The third-order valence-corrected chi connectivity index (χ3v) is 6.69. The van der Waals surface area contributed by atoms with Gasteiger partial charge < -0.3 is 25.2 Å². The van der Waals surface area contributed by atoms with E-state index in [0.29, 0.717) is 5.92 Å². The zero-order valence-electron chi connectivity index (χ0n) is 23.6. The van der Waals surface area contributed by atoms with Gasteiger partial charge in [0, 0.05) is 25.8 Å². The van der Waals surface area contributed by atoms with Gasteiger partial charge in [0.15, 0.2) is 0 Å². The van der Waals surface area contributed by atoms with E-state index in [0.717, 1.165) is 28.2 Å². The van der Waals surface area contributed by atoms with E-state index in [1.807, 2.05) is 50.2 Å². The first-order valence-corrected chi connectivity index (χ1v) is 12.8. The van der Waals surface area contributed by atoms with Crippen molar-refractivity contribution in [3.05, 3.63) is 118 Å². The number of hydrogen-bond donors (Lipinski definition) is 4. The molecule has 0 saturated carbocycles. The number of aromatic hydroxyl groups is 2. The van der Waals surface area contributed by atoms with Gasteiger partial charge in [-0.1, -0.05) is 69.7 Å². The predicted octanol–water partition coefficient (Wildman–Crippen LogP) is 7.73. The normalized spacial score (nSPS) is 10.7. The van der Waals surface area contributed by atoms with Crippen molar-refractivity contribution in [2.24, 2.45) is 0 Å². The van der Waals surface area contributed by atoms with Crippen molar-refractivity contribution in [1.82, 2.24) is 0 Å². The van der Waals surface area contributed by atoms with Gasteiger partial charge in [0.05, 0.1) is 0 Å². The molecular weight excluding hydrogens is 695 g/mol. The van der Waals surface area contributed by atoms with Gasteiger partial charge in [-0.05, 0) is 78.1 Å². The topological polar surface area (TPSA) is 124 Å². The van der Waals surface area contributed by atoms with E-state index in [1.54, 1.807) is 19.1 Å². The van der Waals surface area contributed by atoms with Crippen molar-refractivity contribution in [1.29, 1.82) is 0 Å². The summed E-state index contributed by atoms with van der Waals surface area (Å²) < 4.78 is 5.94. The number of carboxylic acids is 2. The zero-order chi connectivity index (χ0) is 29.6. The SMILES string of the molecule is CC(C)c1ccc(Oc2ccc(C(C)(C)c3ccc(O)c(C(=O)O)c3)cc2)cc1.Cc1ccc(O)c(C(=O)O)c1.[Re]. The molecule has 0 unspecified atom stereocenters. The van der Waals surface area contributed by atoms with Crippen LogP contribution in [-0.4, -0.2) is 32.4 Å².